The predicted molar refractivity (Wildman–Crippen MR) is 275 cm³/mol. The molecular weight excluding hydrogens is 827 g/mol. The first-order chi connectivity index (χ1) is 32.7. The molecule has 306 valence electrons. The highest BCUT2D eigenvalue weighted by Crippen LogP contribution is 2.44. The molecule has 0 aliphatic rings. The van der Waals surface area contributed by atoms with E-state index in [1.165, 1.54) is 41.7 Å². The van der Waals surface area contributed by atoms with E-state index in [0.29, 0.717) is 17.6 Å². The van der Waals surface area contributed by atoms with E-state index in [4.69, 9.17) is 19.4 Å². The first-order valence-electron chi connectivity index (χ1n) is 22.2. The molecule has 0 saturated heterocycles. The second kappa shape index (κ2) is 13.4. The van der Waals surface area contributed by atoms with Crippen LogP contribution in [0.15, 0.2) is 205 Å². The van der Waals surface area contributed by atoms with Crippen molar-refractivity contribution in [2.45, 2.75) is 0 Å². The van der Waals surface area contributed by atoms with Gasteiger partial charge in [-0.25, -0.2) is 4.98 Å². The maximum Gasteiger partial charge on any atom is 0.238 e. The summed E-state index contributed by atoms with van der Waals surface area (Å²) in [6, 6.07) is 71.4. The van der Waals surface area contributed by atoms with Gasteiger partial charge in [-0.1, -0.05) is 127 Å². The highest BCUT2D eigenvalue weighted by atomic mass is 32.1. The molecule has 10 aromatic carbocycles. The molecule has 0 radical (unpaired) electrons. The topological polar surface area (TPSA) is 61.7 Å². The summed E-state index contributed by atoms with van der Waals surface area (Å²) in [4.78, 5) is 16.3. The monoisotopic (exact) mass is 859 g/mol. The fraction of sp³-hybridized carbons (Fsp3) is 0. The van der Waals surface area contributed by atoms with E-state index in [2.05, 4.69) is 209 Å². The van der Waals surface area contributed by atoms with Crippen molar-refractivity contribution in [3.8, 4) is 34.4 Å². The van der Waals surface area contributed by atoms with Gasteiger partial charge in [0.15, 0.2) is 17.2 Å². The number of rotatable bonds is 4. The van der Waals surface area contributed by atoms with Crippen molar-refractivity contribution >= 4 is 119 Å². The Balaban J connectivity index is 1.07. The van der Waals surface area contributed by atoms with Gasteiger partial charge < -0.3 is 8.98 Å². The Morgan fingerprint density at radius 2 is 0.909 bits per heavy atom. The van der Waals surface area contributed by atoms with Gasteiger partial charge in [0.05, 0.1) is 27.8 Å². The molecule has 66 heavy (non-hydrogen) atoms. The van der Waals surface area contributed by atoms with Gasteiger partial charge >= 0.3 is 0 Å². The molecule has 0 saturated carbocycles. The molecule has 0 aliphatic carbocycles. The van der Waals surface area contributed by atoms with Crippen molar-refractivity contribution in [3.63, 3.8) is 0 Å². The van der Waals surface area contributed by atoms with E-state index in [1.54, 1.807) is 11.3 Å². The van der Waals surface area contributed by atoms with E-state index in [-0.39, 0.29) is 0 Å². The number of aromatic nitrogens is 5. The van der Waals surface area contributed by atoms with Crippen LogP contribution in [0.3, 0.4) is 0 Å². The molecule has 0 spiro atoms. The maximum atomic E-state index is 7.16. The summed E-state index contributed by atoms with van der Waals surface area (Å²) >= 11 is 1.81. The van der Waals surface area contributed by atoms with Crippen LogP contribution >= 0.6 is 11.3 Å². The van der Waals surface area contributed by atoms with Gasteiger partial charge in [-0.3, -0.25) is 4.57 Å². The normalized spacial score (nSPS) is 12.2. The predicted octanol–water partition coefficient (Wildman–Crippen LogP) is 16.0. The summed E-state index contributed by atoms with van der Waals surface area (Å²) in [7, 11) is 0. The number of nitrogens with zero attached hydrogens (tertiary/aromatic N) is 5. The minimum absolute atomic E-state index is 0.552. The van der Waals surface area contributed by atoms with E-state index in [1.807, 2.05) is 0 Å². The van der Waals surface area contributed by atoms with E-state index < -0.39 is 0 Å². The Kier molecular flexibility index (Phi) is 7.28. The Hall–Kier alpha value is -8.65. The third kappa shape index (κ3) is 5.08. The van der Waals surface area contributed by atoms with Gasteiger partial charge in [0.1, 0.15) is 5.58 Å². The summed E-state index contributed by atoms with van der Waals surface area (Å²) in [5, 5.41) is 13.6. The zero-order chi connectivity index (χ0) is 43.0. The molecule has 0 unspecified atom stereocenters. The van der Waals surface area contributed by atoms with Crippen LogP contribution < -0.4 is 0 Å². The Bertz CT molecular complexity index is 4500. The molecule has 7 heteroatoms. The average Bonchev–Trinajstić information content (AvgIpc) is 4.13. The maximum absolute atomic E-state index is 7.16. The molecule has 15 aromatic rings. The lowest BCUT2D eigenvalue weighted by Gasteiger charge is -2.13. The second-order valence-corrected chi connectivity index (χ2v) is 18.3. The largest absolute Gasteiger partial charge is 0.453 e. The number of thiophene rings is 1. The van der Waals surface area contributed by atoms with Crippen LogP contribution in [0.1, 0.15) is 0 Å². The molecule has 6 nitrogen and oxygen atoms in total. The zero-order valence-electron chi connectivity index (χ0n) is 35.1. The van der Waals surface area contributed by atoms with E-state index >= 15 is 0 Å². The number of fused-ring (bicyclic) bond motifs is 15. The van der Waals surface area contributed by atoms with Crippen LogP contribution in [0.2, 0.25) is 0 Å². The summed E-state index contributed by atoms with van der Waals surface area (Å²) in [6.07, 6.45) is 0. The number of benzene rings is 10. The average molecular weight is 860 g/mol. The molecule has 15 rings (SSSR count). The lowest BCUT2D eigenvalue weighted by molar-refractivity contribution is 0.670. The van der Waals surface area contributed by atoms with Gasteiger partial charge in [-0.2, -0.15) is 9.97 Å². The standard InChI is InChI=1S/C59H33N5OS/c1-2-15-36-32-51-45(29-35(36)14-1)42-19-7-9-21-48(42)63(51)52-33-38(31-47-44-27-25-34-13-3-4-16-39(34)55(44)65-56(47)52)58-60-57(37-26-28-54-46(30-37)43-20-8-12-24-53(43)66-54)61-59(62-58)64-49-22-10-5-17-40(49)41-18-6-11-23-50(41)64/h1-33H. The minimum atomic E-state index is 0.552. The smallest absolute Gasteiger partial charge is 0.238 e. The van der Waals surface area contributed by atoms with Crippen LogP contribution in [0.25, 0.3) is 142 Å². The summed E-state index contributed by atoms with van der Waals surface area (Å²) in [5.41, 5.74) is 8.59. The molecule has 0 aliphatic heterocycles. The summed E-state index contributed by atoms with van der Waals surface area (Å²) in [6.45, 7) is 0. The van der Waals surface area contributed by atoms with Gasteiger partial charge in [0.25, 0.3) is 0 Å². The van der Waals surface area contributed by atoms with Crippen molar-refractivity contribution in [1.29, 1.82) is 0 Å². The van der Waals surface area contributed by atoms with Crippen molar-refractivity contribution in [1.82, 2.24) is 24.1 Å². The van der Waals surface area contributed by atoms with Crippen molar-refractivity contribution < 1.29 is 4.42 Å². The fourth-order valence-corrected chi connectivity index (χ4v) is 11.6. The first kappa shape index (κ1) is 35.8. The molecule has 0 atom stereocenters. The SMILES string of the molecule is c1ccc2cc3c(cc2c1)c1ccccc1n3-c1cc(-c2nc(-c3ccc4sc5ccccc5c4c3)nc(-n3c4ccccc4c4ccccc43)n2)cc2c1oc1c3ccccc3ccc21. The molecule has 5 aromatic heterocycles. The van der Waals surface area contributed by atoms with Crippen molar-refractivity contribution in [2.24, 2.45) is 0 Å². The number of hydrogen-bond acceptors (Lipinski definition) is 5. The Morgan fingerprint density at radius 1 is 0.333 bits per heavy atom. The van der Waals surface area contributed by atoms with Crippen LogP contribution in [0, 0.1) is 0 Å². The Labute approximate surface area is 379 Å². The number of furan rings is 1. The van der Waals surface area contributed by atoms with Gasteiger partial charge in [-0.15, -0.1) is 11.3 Å². The number of para-hydroxylation sites is 3. The third-order valence-electron chi connectivity index (χ3n) is 13.5. The third-order valence-corrected chi connectivity index (χ3v) is 14.7. The molecule has 0 amide bonds. The molecule has 5 heterocycles. The van der Waals surface area contributed by atoms with Gasteiger partial charge in [-0.05, 0) is 89.0 Å². The van der Waals surface area contributed by atoms with Crippen LogP contribution in [-0.2, 0) is 0 Å². The zero-order valence-corrected chi connectivity index (χ0v) is 35.9. The van der Waals surface area contributed by atoms with Gasteiger partial charge in [0.2, 0.25) is 5.95 Å². The van der Waals surface area contributed by atoms with Crippen LogP contribution in [0.5, 0.6) is 0 Å². The Morgan fingerprint density at radius 3 is 1.67 bits per heavy atom. The number of hydrogen-bond donors (Lipinski definition) is 0. The van der Waals surface area contributed by atoms with Crippen molar-refractivity contribution in [2.75, 3.05) is 0 Å². The first-order valence-corrected chi connectivity index (χ1v) is 23.0. The minimum Gasteiger partial charge on any atom is -0.453 e. The summed E-state index contributed by atoms with van der Waals surface area (Å²) in [5.74, 6) is 1.72. The van der Waals surface area contributed by atoms with Crippen molar-refractivity contribution in [3.05, 3.63) is 200 Å². The van der Waals surface area contributed by atoms with Gasteiger partial charge in [0, 0.05) is 69.0 Å². The lowest BCUT2D eigenvalue weighted by atomic mass is 10.0. The molecule has 0 N–H and O–H groups in total. The molecule has 0 fully saturated rings. The lowest BCUT2D eigenvalue weighted by Crippen LogP contribution is -2.06. The summed E-state index contributed by atoms with van der Waals surface area (Å²) < 4.78 is 14.2. The molecular formula is C59H33N5OS. The quantitative estimate of drug-likeness (QED) is 0.177. The van der Waals surface area contributed by atoms with E-state index in [0.717, 1.165) is 82.4 Å². The van der Waals surface area contributed by atoms with Crippen LogP contribution in [0.4, 0.5) is 0 Å². The van der Waals surface area contributed by atoms with E-state index in [9.17, 15) is 0 Å². The van der Waals surface area contributed by atoms with Crippen LogP contribution in [-0.4, -0.2) is 24.1 Å². The highest BCUT2D eigenvalue weighted by molar-refractivity contribution is 7.25. The highest BCUT2D eigenvalue weighted by Gasteiger charge is 2.24. The fourth-order valence-electron chi connectivity index (χ4n) is 10.5. The molecule has 0 bridgehead atoms. The second-order valence-electron chi connectivity index (χ2n) is 17.2.